The van der Waals surface area contributed by atoms with Crippen molar-refractivity contribution < 1.29 is 13.2 Å². The predicted molar refractivity (Wildman–Crippen MR) is 114 cm³/mol. The van der Waals surface area contributed by atoms with Gasteiger partial charge in [0.1, 0.15) is 10.3 Å². The van der Waals surface area contributed by atoms with Crippen LogP contribution in [0, 0.1) is 5.92 Å². The highest BCUT2D eigenvalue weighted by Crippen LogP contribution is 2.26. The molecular weight excluding hydrogens is 418 g/mol. The van der Waals surface area contributed by atoms with Crippen LogP contribution in [0.4, 0.5) is 5.69 Å². The molecule has 6 nitrogen and oxygen atoms in total. The molecule has 0 bridgehead atoms. The largest absolute Gasteiger partial charge is 0.367 e. The molecule has 0 spiro atoms. The molecule has 1 N–H and O–H groups in total. The van der Waals surface area contributed by atoms with E-state index in [1.807, 2.05) is 38.1 Å². The Hall–Kier alpha value is -1.61. The zero-order valence-corrected chi connectivity index (χ0v) is 18.2. The summed E-state index contributed by atoms with van der Waals surface area (Å²) in [6.07, 6.45) is 0. The van der Waals surface area contributed by atoms with Gasteiger partial charge in [0.05, 0.1) is 10.7 Å². The van der Waals surface area contributed by atoms with Crippen LogP contribution in [0.1, 0.15) is 13.8 Å². The van der Waals surface area contributed by atoms with Gasteiger partial charge < -0.3 is 9.80 Å². The second-order valence-corrected chi connectivity index (χ2v) is 10.3. The topological polar surface area (TPSA) is 69.7 Å². The number of para-hydroxylation sites is 1. The highest BCUT2D eigenvalue weighted by atomic mass is 35.5. The summed E-state index contributed by atoms with van der Waals surface area (Å²) in [5.41, 5.74) is 0.954. The Morgan fingerprint density at radius 1 is 1.11 bits per heavy atom. The quantitative estimate of drug-likeness (QED) is 0.747. The Morgan fingerprint density at radius 3 is 2.36 bits per heavy atom. The summed E-state index contributed by atoms with van der Waals surface area (Å²) in [6, 6.07) is 10.1. The second-order valence-electron chi connectivity index (χ2n) is 7.04. The maximum absolute atomic E-state index is 13.1. The summed E-state index contributed by atoms with van der Waals surface area (Å²) in [5.74, 6) is -0.349. The number of anilines is 1. The van der Waals surface area contributed by atoms with Gasteiger partial charge in [-0.25, -0.2) is 8.42 Å². The number of nitrogens with zero attached hydrogens (tertiary/aromatic N) is 2. The predicted octanol–water partition coefficient (Wildman–Crippen LogP) is 3.05. The molecule has 1 aromatic carbocycles. The van der Waals surface area contributed by atoms with Crippen LogP contribution in [-0.4, -0.2) is 51.4 Å². The van der Waals surface area contributed by atoms with Gasteiger partial charge in [0.2, 0.25) is 5.91 Å². The van der Waals surface area contributed by atoms with Crippen molar-refractivity contribution in [3.8, 4) is 0 Å². The highest BCUT2D eigenvalue weighted by molar-refractivity contribution is 7.91. The Kier molecular flexibility index (Phi) is 6.65. The molecule has 1 unspecified atom stereocenters. The summed E-state index contributed by atoms with van der Waals surface area (Å²) in [6.45, 7) is 6.04. The molecule has 1 amide bonds. The molecule has 0 saturated carbocycles. The van der Waals surface area contributed by atoms with Crippen LogP contribution in [0.3, 0.4) is 0 Å². The lowest BCUT2D eigenvalue weighted by Crippen LogP contribution is -2.56. The minimum absolute atomic E-state index is 0.163. The van der Waals surface area contributed by atoms with Crippen LogP contribution in [0.2, 0.25) is 5.02 Å². The van der Waals surface area contributed by atoms with Gasteiger partial charge in [-0.3, -0.25) is 4.79 Å². The average molecular weight is 442 g/mol. The van der Waals surface area contributed by atoms with Crippen LogP contribution in [0.5, 0.6) is 0 Å². The zero-order chi connectivity index (χ0) is 20.3. The summed E-state index contributed by atoms with van der Waals surface area (Å²) in [5, 5.41) is 2.39. The molecule has 1 aliphatic heterocycles. The Labute approximate surface area is 175 Å². The normalized spacial score (nSPS) is 16.4. The standard InChI is InChI=1S/C19H24ClN3O3S2/c1-14(2)18(21-28(25,26)17-8-5-13-27-17)19(24)23-11-9-22(10-12-23)16-7-4-3-6-15(16)20/h3-8,13-14,18,21H,9-12H2,1-2H3. The molecule has 28 heavy (non-hydrogen) atoms. The van der Waals surface area contributed by atoms with Crippen LogP contribution in [-0.2, 0) is 14.8 Å². The van der Waals surface area contributed by atoms with Crippen molar-refractivity contribution in [3.05, 3.63) is 46.8 Å². The van der Waals surface area contributed by atoms with E-state index in [9.17, 15) is 13.2 Å². The number of halogens is 1. The molecule has 1 saturated heterocycles. The number of carbonyl (C=O) groups excluding carboxylic acids is 1. The fraction of sp³-hybridized carbons (Fsp3) is 0.421. The van der Waals surface area contributed by atoms with Crippen LogP contribution < -0.4 is 9.62 Å². The maximum Gasteiger partial charge on any atom is 0.250 e. The monoisotopic (exact) mass is 441 g/mol. The molecule has 2 heterocycles. The Balaban J connectivity index is 1.67. The summed E-state index contributed by atoms with van der Waals surface area (Å²) in [7, 11) is -3.71. The smallest absolute Gasteiger partial charge is 0.250 e. The van der Waals surface area contributed by atoms with E-state index in [1.54, 1.807) is 16.3 Å². The Morgan fingerprint density at radius 2 is 1.79 bits per heavy atom. The number of thiophene rings is 1. The van der Waals surface area contributed by atoms with E-state index in [2.05, 4.69) is 9.62 Å². The molecule has 1 aliphatic rings. The van der Waals surface area contributed by atoms with Gasteiger partial charge in [-0.1, -0.05) is 43.6 Å². The van der Waals surface area contributed by atoms with Crippen molar-refractivity contribution in [2.45, 2.75) is 24.1 Å². The second kappa shape index (κ2) is 8.82. The van der Waals surface area contributed by atoms with Gasteiger partial charge in [-0.15, -0.1) is 11.3 Å². The van der Waals surface area contributed by atoms with Gasteiger partial charge in [0, 0.05) is 26.2 Å². The van der Waals surface area contributed by atoms with Crippen molar-refractivity contribution in [2.75, 3.05) is 31.1 Å². The number of benzene rings is 1. The number of hydrogen-bond acceptors (Lipinski definition) is 5. The van der Waals surface area contributed by atoms with Gasteiger partial charge in [-0.05, 0) is 29.5 Å². The van der Waals surface area contributed by atoms with E-state index >= 15 is 0 Å². The molecule has 0 aliphatic carbocycles. The molecule has 1 fully saturated rings. The number of rotatable bonds is 6. The number of sulfonamides is 1. The van der Waals surface area contributed by atoms with Gasteiger partial charge in [-0.2, -0.15) is 4.72 Å². The molecule has 0 radical (unpaired) electrons. The molecule has 1 aromatic heterocycles. The first-order valence-electron chi connectivity index (χ1n) is 9.13. The third-order valence-electron chi connectivity index (χ3n) is 4.76. The van der Waals surface area contributed by atoms with E-state index in [1.165, 1.54) is 6.07 Å². The fourth-order valence-corrected chi connectivity index (χ4v) is 5.79. The fourth-order valence-electron chi connectivity index (χ4n) is 3.19. The van der Waals surface area contributed by atoms with Gasteiger partial charge in [0.25, 0.3) is 10.0 Å². The third kappa shape index (κ3) is 4.68. The molecular formula is C19H24ClN3O3S2. The van der Waals surface area contributed by atoms with E-state index in [0.717, 1.165) is 17.0 Å². The lowest BCUT2D eigenvalue weighted by molar-refractivity contribution is -0.134. The molecule has 152 valence electrons. The van der Waals surface area contributed by atoms with E-state index in [4.69, 9.17) is 11.6 Å². The number of piperazine rings is 1. The van der Waals surface area contributed by atoms with E-state index in [0.29, 0.717) is 31.2 Å². The first-order valence-corrected chi connectivity index (χ1v) is 11.9. The zero-order valence-electron chi connectivity index (χ0n) is 15.8. The number of hydrogen-bond donors (Lipinski definition) is 1. The lowest BCUT2D eigenvalue weighted by Gasteiger charge is -2.38. The minimum Gasteiger partial charge on any atom is -0.367 e. The van der Waals surface area contributed by atoms with Crippen molar-refractivity contribution in [3.63, 3.8) is 0 Å². The minimum atomic E-state index is -3.71. The average Bonchev–Trinajstić information content (AvgIpc) is 3.22. The molecule has 2 aromatic rings. The van der Waals surface area contributed by atoms with Crippen molar-refractivity contribution >= 4 is 44.6 Å². The van der Waals surface area contributed by atoms with Crippen LogP contribution >= 0.6 is 22.9 Å². The highest BCUT2D eigenvalue weighted by Gasteiger charge is 2.33. The van der Waals surface area contributed by atoms with Crippen LogP contribution in [0.25, 0.3) is 0 Å². The van der Waals surface area contributed by atoms with Crippen molar-refractivity contribution in [1.82, 2.24) is 9.62 Å². The summed E-state index contributed by atoms with van der Waals surface area (Å²) >= 11 is 7.41. The lowest BCUT2D eigenvalue weighted by atomic mass is 10.0. The van der Waals surface area contributed by atoms with Crippen LogP contribution in [0.15, 0.2) is 46.0 Å². The SMILES string of the molecule is CC(C)C(NS(=O)(=O)c1cccs1)C(=O)N1CCN(c2ccccc2Cl)CC1. The Bertz CT molecular complexity index is 908. The number of nitrogens with one attached hydrogen (secondary N) is 1. The molecule has 3 rings (SSSR count). The molecule has 9 heteroatoms. The first kappa shape index (κ1) is 21.1. The van der Waals surface area contributed by atoms with Gasteiger partial charge in [0.15, 0.2) is 0 Å². The summed E-state index contributed by atoms with van der Waals surface area (Å²) in [4.78, 5) is 16.9. The molecule has 1 atom stereocenters. The third-order valence-corrected chi connectivity index (χ3v) is 7.92. The number of carbonyl (C=O) groups is 1. The maximum atomic E-state index is 13.1. The van der Waals surface area contributed by atoms with Gasteiger partial charge >= 0.3 is 0 Å². The summed E-state index contributed by atoms with van der Waals surface area (Å²) < 4.78 is 28.0. The van der Waals surface area contributed by atoms with Crippen molar-refractivity contribution in [2.24, 2.45) is 5.92 Å². The van der Waals surface area contributed by atoms with Crippen molar-refractivity contribution in [1.29, 1.82) is 0 Å². The van der Waals surface area contributed by atoms with E-state index in [-0.39, 0.29) is 16.0 Å². The van der Waals surface area contributed by atoms with E-state index < -0.39 is 16.1 Å². The first-order chi connectivity index (χ1) is 13.3. The number of amides is 1.